The van der Waals surface area contributed by atoms with Gasteiger partial charge in [-0.3, -0.25) is 9.69 Å². The van der Waals surface area contributed by atoms with Crippen LogP contribution in [0.15, 0.2) is 48.8 Å². The van der Waals surface area contributed by atoms with E-state index in [1.165, 1.54) is 16.8 Å². The van der Waals surface area contributed by atoms with Crippen LogP contribution in [0, 0.1) is 11.8 Å². The van der Waals surface area contributed by atoms with Crippen LogP contribution in [-0.2, 0) is 19.9 Å². The number of anilines is 1. The highest BCUT2D eigenvalue weighted by molar-refractivity contribution is 5.82. The second-order valence-corrected chi connectivity index (χ2v) is 12.7. The molecule has 1 atom stereocenters. The Kier molecular flexibility index (Phi) is 8.57. The van der Waals surface area contributed by atoms with Gasteiger partial charge < -0.3 is 19.3 Å². The molecule has 1 saturated carbocycles. The van der Waals surface area contributed by atoms with E-state index in [-0.39, 0.29) is 11.5 Å². The number of methoxy groups -OCH3 is 2. The number of aromatic nitrogens is 2. The molecule has 42 heavy (non-hydrogen) atoms. The summed E-state index contributed by atoms with van der Waals surface area (Å²) in [5.74, 6) is 1.31. The van der Waals surface area contributed by atoms with Gasteiger partial charge in [-0.1, -0.05) is 38.1 Å². The lowest BCUT2D eigenvalue weighted by Crippen LogP contribution is -2.52. The minimum Gasteiger partial charge on any atom is -0.383 e. The number of hydrogen-bond acceptors (Lipinski definition) is 6. The average Bonchev–Trinajstić information content (AvgIpc) is 3.47. The minimum absolute atomic E-state index is 0.249. The van der Waals surface area contributed by atoms with Crippen molar-refractivity contribution in [3.63, 3.8) is 0 Å². The van der Waals surface area contributed by atoms with Gasteiger partial charge in [-0.2, -0.15) is 5.10 Å². The molecule has 8 nitrogen and oxygen atoms in total. The number of piperidine rings is 1. The van der Waals surface area contributed by atoms with Crippen molar-refractivity contribution in [3.8, 4) is 11.1 Å². The molecule has 3 aliphatic rings. The van der Waals surface area contributed by atoms with Crippen molar-refractivity contribution in [3.05, 3.63) is 54.4 Å². The molecule has 0 spiro atoms. The summed E-state index contributed by atoms with van der Waals surface area (Å²) < 4.78 is 13.7. The Bertz CT molecular complexity index is 1350. The number of likely N-dealkylation sites (tertiary alicyclic amines) is 1. The van der Waals surface area contributed by atoms with Gasteiger partial charge in [-0.05, 0) is 61.3 Å². The third-order valence-electron chi connectivity index (χ3n) is 10.2. The Morgan fingerprint density at radius 1 is 1.00 bits per heavy atom. The van der Waals surface area contributed by atoms with Gasteiger partial charge in [-0.25, -0.2) is 4.52 Å². The summed E-state index contributed by atoms with van der Waals surface area (Å²) >= 11 is 0. The number of ether oxygens (including phenoxy) is 2. The summed E-state index contributed by atoms with van der Waals surface area (Å²) in [4.78, 5) is 19.9. The molecule has 226 valence electrons. The number of rotatable bonds is 9. The van der Waals surface area contributed by atoms with Gasteiger partial charge in [0, 0.05) is 83.4 Å². The van der Waals surface area contributed by atoms with Gasteiger partial charge in [0.25, 0.3) is 0 Å². The van der Waals surface area contributed by atoms with E-state index in [4.69, 9.17) is 9.47 Å². The summed E-state index contributed by atoms with van der Waals surface area (Å²) in [6.07, 6.45) is 9.16. The third-order valence-corrected chi connectivity index (χ3v) is 10.2. The van der Waals surface area contributed by atoms with Crippen molar-refractivity contribution >= 4 is 17.1 Å². The lowest BCUT2D eigenvalue weighted by Gasteiger charge is -2.43. The second-order valence-electron chi connectivity index (χ2n) is 12.7. The van der Waals surface area contributed by atoms with Crippen LogP contribution in [-0.4, -0.2) is 91.5 Å². The van der Waals surface area contributed by atoms with Crippen molar-refractivity contribution in [1.29, 1.82) is 0 Å². The lowest BCUT2D eigenvalue weighted by atomic mass is 9.75. The molecule has 0 N–H and O–H groups in total. The molecule has 1 amide bonds. The fourth-order valence-electron chi connectivity index (χ4n) is 7.46. The molecule has 2 aromatic heterocycles. The summed E-state index contributed by atoms with van der Waals surface area (Å²) in [6, 6.07) is 13.8. The highest BCUT2D eigenvalue weighted by Gasteiger charge is 2.38. The van der Waals surface area contributed by atoms with Crippen LogP contribution in [0.2, 0.25) is 0 Å². The van der Waals surface area contributed by atoms with E-state index in [0.717, 1.165) is 89.1 Å². The predicted molar refractivity (Wildman–Crippen MR) is 167 cm³/mol. The van der Waals surface area contributed by atoms with Crippen molar-refractivity contribution in [2.45, 2.75) is 57.6 Å². The second kappa shape index (κ2) is 12.3. The summed E-state index contributed by atoms with van der Waals surface area (Å²) in [6.45, 7) is 10.6. The van der Waals surface area contributed by atoms with Crippen LogP contribution >= 0.6 is 0 Å². The van der Waals surface area contributed by atoms with Gasteiger partial charge in [0.05, 0.1) is 23.4 Å². The van der Waals surface area contributed by atoms with Crippen LogP contribution in [0.1, 0.15) is 51.5 Å². The quantitative estimate of drug-likeness (QED) is 0.357. The van der Waals surface area contributed by atoms with Gasteiger partial charge in [-0.15, -0.1) is 0 Å². The van der Waals surface area contributed by atoms with Crippen molar-refractivity contribution < 1.29 is 14.3 Å². The van der Waals surface area contributed by atoms with Gasteiger partial charge >= 0.3 is 0 Å². The van der Waals surface area contributed by atoms with Crippen LogP contribution < -0.4 is 4.90 Å². The predicted octanol–water partition coefficient (Wildman–Crippen LogP) is 5.06. The van der Waals surface area contributed by atoms with E-state index in [2.05, 4.69) is 76.2 Å². The van der Waals surface area contributed by atoms with E-state index >= 15 is 0 Å². The maximum atomic E-state index is 12.9. The van der Waals surface area contributed by atoms with Gasteiger partial charge in [0.15, 0.2) is 0 Å². The molecule has 1 aromatic carbocycles. The van der Waals surface area contributed by atoms with Crippen LogP contribution in [0.25, 0.3) is 16.6 Å². The zero-order valence-electron chi connectivity index (χ0n) is 25.8. The minimum atomic E-state index is -0.249. The first kappa shape index (κ1) is 29.1. The molecule has 4 heterocycles. The van der Waals surface area contributed by atoms with Crippen LogP contribution in [0.4, 0.5) is 5.69 Å². The van der Waals surface area contributed by atoms with Gasteiger partial charge in [0.1, 0.15) is 0 Å². The molecule has 6 rings (SSSR count). The fourth-order valence-corrected chi connectivity index (χ4v) is 7.46. The van der Waals surface area contributed by atoms with Crippen molar-refractivity contribution in [2.24, 2.45) is 11.8 Å². The maximum Gasteiger partial charge on any atom is 0.225 e. The molecular formula is C34H47N5O3. The number of carbonyl (C=O) groups is 1. The van der Waals surface area contributed by atoms with E-state index in [1.54, 1.807) is 7.11 Å². The molecule has 3 fully saturated rings. The van der Waals surface area contributed by atoms with Gasteiger partial charge in [0.2, 0.25) is 5.91 Å². The number of carbonyl (C=O) groups excluding carboxylic acids is 1. The number of piperazine rings is 1. The number of benzene rings is 1. The lowest BCUT2D eigenvalue weighted by molar-refractivity contribution is -0.140. The number of fused-ring (bicyclic) bond motifs is 1. The zero-order chi connectivity index (χ0) is 29.3. The molecule has 2 aliphatic heterocycles. The highest BCUT2D eigenvalue weighted by Crippen LogP contribution is 2.39. The molecule has 3 aromatic rings. The van der Waals surface area contributed by atoms with E-state index in [0.29, 0.717) is 17.9 Å². The summed E-state index contributed by atoms with van der Waals surface area (Å²) in [7, 11) is 3.65. The monoisotopic (exact) mass is 573 g/mol. The van der Waals surface area contributed by atoms with Crippen molar-refractivity contribution in [1.82, 2.24) is 19.4 Å². The third kappa shape index (κ3) is 5.56. The standard InChI is InChI=1S/C34H47N5O3/c1-5-30(24-41-3)36-14-11-34(42-4,12-15-36)29-8-6-26(7-9-29)28-22-32-31(10-13-35-39(32)23-28)37-16-18-38(19-17-37)33(40)27-20-25(2)21-27/h6-10,13,22-23,25,27,30H,5,11-12,14-21,24H2,1-4H3/t25-,27-,30-/m1/s1. The summed E-state index contributed by atoms with van der Waals surface area (Å²) in [5.41, 5.74) is 5.62. The topological polar surface area (TPSA) is 62.6 Å². The molecule has 8 heteroatoms. The Morgan fingerprint density at radius 3 is 2.33 bits per heavy atom. The van der Waals surface area contributed by atoms with Crippen LogP contribution in [0.5, 0.6) is 0 Å². The number of amides is 1. The van der Waals surface area contributed by atoms with Crippen molar-refractivity contribution in [2.75, 3.05) is 65.0 Å². The first-order valence-electron chi connectivity index (χ1n) is 15.8. The molecule has 1 aliphatic carbocycles. The van der Waals surface area contributed by atoms with E-state index < -0.39 is 0 Å². The Hall–Kier alpha value is -2.94. The largest absolute Gasteiger partial charge is 0.383 e. The maximum absolute atomic E-state index is 12.9. The average molecular weight is 574 g/mol. The molecule has 0 radical (unpaired) electrons. The molecular weight excluding hydrogens is 526 g/mol. The Morgan fingerprint density at radius 2 is 1.71 bits per heavy atom. The highest BCUT2D eigenvalue weighted by atomic mass is 16.5. The molecule has 0 bridgehead atoms. The summed E-state index contributed by atoms with van der Waals surface area (Å²) in [5, 5.41) is 4.62. The smallest absolute Gasteiger partial charge is 0.225 e. The number of nitrogens with zero attached hydrogens (tertiary/aromatic N) is 5. The van der Waals surface area contributed by atoms with Crippen LogP contribution in [0.3, 0.4) is 0 Å². The SMILES string of the molecule is CC[C@H](COC)N1CCC(OC)(c2ccc(-c3cc4c(N5CCN(C(=O)[C@H]6C[C@H](C)C6)CC5)ccnn4c3)cc2)CC1. The first-order chi connectivity index (χ1) is 20.4. The van der Waals surface area contributed by atoms with E-state index in [9.17, 15) is 4.79 Å². The first-order valence-corrected chi connectivity index (χ1v) is 15.8. The zero-order valence-corrected chi connectivity index (χ0v) is 25.8. The Labute approximate surface area is 250 Å². The molecule has 2 saturated heterocycles. The normalized spacial score (nSPS) is 23.6. The molecule has 0 unspecified atom stereocenters. The fraction of sp³-hybridized carbons (Fsp3) is 0.588. The Balaban J connectivity index is 1.14. The number of hydrogen-bond donors (Lipinski definition) is 0. The van der Waals surface area contributed by atoms with E-state index in [1.807, 2.05) is 17.8 Å².